The second kappa shape index (κ2) is 4.20. The summed E-state index contributed by atoms with van der Waals surface area (Å²) >= 11 is 1.65. The van der Waals surface area contributed by atoms with E-state index in [1.807, 2.05) is 26.2 Å². The minimum atomic E-state index is 0.0820. The van der Waals surface area contributed by atoms with Gasteiger partial charge in [-0.15, -0.1) is 11.3 Å². The maximum Gasteiger partial charge on any atom is 0.210 e. The number of imidazole rings is 1. The summed E-state index contributed by atoms with van der Waals surface area (Å²) in [5.41, 5.74) is 1.08. The van der Waals surface area contributed by atoms with Crippen molar-refractivity contribution < 1.29 is 4.79 Å². The van der Waals surface area contributed by atoms with E-state index < -0.39 is 0 Å². The maximum atomic E-state index is 10.9. The minimum Gasteiger partial charge on any atom is -0.335 e. The van der Waals surface area contributed by atoms with Crippen LogP contribution in [0.3, 0.4) is 0 Å². The Labute approximate surface area is 109 Å². The van der Waals surface area contributed by atoms with Crippen LogP contribution in [0.25, 0.3) is 10.8 Å². The highest BCUT2D eigenvalue weighted by atomic mass is 32.1. The van der Waals surface area contributed by atoms with Gasteiger partial charge >= 0.3 is 0 Å². The van der Waals surface area contributed by atoms with E-state index in [-0.39, 0.29) is 6.04 Å². The highest BCUT2D eigenvalue weighted by molar-refractivity contribution is 7.14. The lowest BCUT2D eigenvalue weighted by Gasteiger charge is -2.31. The van der Waals surface area contributed by atoms with Gasteiger partial charge < -0.3 is 9.47 Å². The largest absolute Gasteiger partial charge is 0.335 e. The fourth-order valence-corrected chi connectivity index (χ4v) is 3.08. The topological polar surface area (TPSA) is 51.0 Å². The SMILES string of the molecule is Cc1cnc(-c2ncc3n2CCN(C=O)C3C)s1. The summed E-state index contributed by atoms with van der Waals surface area (Å²) in [5, 5.41) is 0.950. The van der Waals surface area contributed by atoms with Gasteiger partial charge in [0.05, 0.1) is 17.9 Å². The lowest BCUT2D eigenvalue weighted by Crippen LogP contribution is -2.35. The van der Waals surface area contributed by atoms with Crippen LogP contribution in [-0.4, -0.2) is 32.4 Å². The van der Waals surface area contributed by atoms with Crippen molar-refractivity contribution in [2.75, 3.05) is 6.54 Å². The molecule has 2 aromatic rings. The average Bonchev–Trinajstić information content (AvgIpc) is 2.96. The van der Waals surface area contributed by atoms with Crippen molar-refractivity contribution >= 4 is 17.7 Å². The number of nitrogens with zero attached hydrogens (tertiary/aromatic N) is 4. The molecule has 3 rings (SSSR count). The lowest BCUT2D eigenvalue weighted by molar-refractivity contribution is -0.120. The summed E-state index contributed by atoms with van der Waals surface area (Å²) in [6.45, 7) is 5.58. The van der Waals surface area contributed by atoms with Crippen LogP contribution in [0.2, 0.25) is 0 Å². The van der Waals surface area contributed by atoms with Gasteiger partial charge in [-0.1, -0.05) is 0 Å². The molecule has 1 atom stereocenters. The third-order valence-corrected chi connectivity index (χ3v) is 4.25. The Kier molecular flexibility index (Phi) is 2.66. The van der Waals surface area contributed by atoms with E-state index in [1.54, 1.807) is 16.2 Å². The Balaban J connectivity index is 2.04. The standard InChI is InChI=1S/C12H14N4OS/c1-8-5-14-12(18-8)11-13-6-10-9(2)15(7-17)3-4-16(10)11/h5-7,9H,3-4H2,1-2H3. The quantitative estimate of drug-likeness (QED) is 0.776. The fraction of sp³-hybridized carbons (Fsp3) is 0.417. The molecule has 6 heteroatoms. The van der Waals surface area contributed by atoms with Crippen molar-refractivity contribution in [2.24, 2.45) is 0 Å². The molecule has 94 valence electrons. The van der Waals surface area contributed by atoms with Crippen molar-refractivity contribution in [3.8, 4) is 10.8 Å². The number of rotatable bonds is 2. The molecule has 0 radical (unpaired) electrons. The lowest BCUT2D eigenvalue weighted by atomic mass is 10.2. The predicted octanol–water partition coefficient (Wildman–Crippen LogP) is 1.85. The highest BCUT2D eigenvalue weighted by Crippen LogP contribution is 2.30. The number of aromatic nitrogens is 3. The first kappa shape index (κ1) is 11.4. The van der Waals surface area contributed by atoms with Crippen LogP contribution >= 0.6 is 11.3 Å². The molecule has 1 aliphatic rings. The van der Waals surface area contributed by atoms with Crippen LogP contribution in [0, 0.1) is 6.92 Å². The molecule has 2 aromatic heterocycles. The first-order chi connectivity index (χ1) is 8.70. The van der Waals surface area contributed by atoms with Gasteiger partial charge in [0.1, 0.15) is 0 Å². The van der Waals surface area contributed by atoms with Crippen LogP contribution in [0.15, 0.2) is 12.4 Å². The number of amides is 1. The molecule has 0 aromatic carbocycles. The van der Waals surface area contributed by atoms with Crippen LogP contribution < -0.4 is 0 Å². The Morgan fingerprint density at radius 3 is 2.89 bits per heavy atom. The van der Waals surface area contributed by atoms with Gasteiger partial charge in [0.25, 0.3) is 0 Å². The summed E-state index contributed by atoms with van der Waals surface area (Å²) in [7, 11) is 0. The summed E-state index contributed by atoms with van der Waals surface area (Å²) < 4.78 is 2.17. The van der Waals surface area contributed by atoms with Crippen LogP contribution in [0.5, 0.6) is 0 Å². The van der Waals surface area contributed by atoms with E-state index in [4.69, 9.17) is 0 Å². The van der Waals surface area contributed by atoms with E-state index in [9.17, 15) is 4.79 Å². The Bertz CT molecular complexity index is 589. The number of aryl methyl sites for hydroxylation is 1. The molecule has 18 heavy (non-hydrogen) atoms. The Morgan fingerprint density at radius 2 is 2.22 bits per heavy atom. The summed E-state index contributed by atoms with van der Waals surface area (Å²) in [4.78, 5) is 22.8. The Morgan fingerprint density at radius 1 is 1.39 bits per heavy atom. The van der Waals surface area contributed by atoms with E-state index in [0.717, 1.165) is 36.0 Å². The number of carbonyl (C=O) groups excluding carboxylic acids is 1. The third kappa shape index (κ3) is 1.64. The summed E-state index contributed by atoms with van der Waals surface area (Å²) in [6.07, 6.45) is 4.63. The molecule has 0 saturated heterocycles. The number of hydrogen-bond acceptors (Lipinski definition) is 4. The van der Waals surface area contributed by atoms with E-state index >= 15 is 0 Å². The first-order valence-electron chi connectivity index (χ1n) is 5.90. The molecule has 1 unspecified atom stereocenters. The van der Waals surface area contributed by atoms with Crippen molar-refractivity contribution in [1.82, 2.24) is 19.4 Å². The third-order valence-electron chi connectivity index (χ3n) is 3.34. The maximum absolute atomic E-state index is 10.9. The molecule has 0 fully saturated rings. The molecule has 1 amide bonds. The van der Waals surface area contributed by atoms with E-state index in [1.165, 1.54) is 4.88 Å². The zero-order valence-corrected chi connectivity index (χ0v) is 11.1. The van der Waals surface area contributed by atoms with Crippen molar-refractivity contribution in [1.29, 1.82) is 0 Å². The van der Waals surface area contributed by atoms with E-state index in [0.29, 0.717) is 0 Å². The molecule has 1 aliphatic heterocycles. The van der Waals surface area contributed by atoms with Gasteiger partial charge in [-0.3, -0.25) is 4.79 Å². The molecule has 5 nitrogen and oxygen atoms in total. The average molecular weight is 262 g/mol. The van der Waals surface area contributed by atoms with Crippen LogP contribution in [-0.2, 0) is 11.3 Å². The van der Waals surface area contributed by atoms with Gasteiger partial charge in [0.15, 0.2) is 10.8 Å². The van der Waals surface area contributed by atoms with Gasteiger partial charge in [0, 0.05) is 24.2 Å². The Hall–Kier alpha value is -1.69. The zero-order chi connectivity index (χ0) is 12.7. The number of hydrogen-bond donors (Lipinski definition) is 0. The van der Waals surface area contributed by atoms with Crippen LogP contribution in [0.1, 0.15) is 23.5 Å². The molecule has 0 aliphatic carbocycles. The number of thiazole rings is 1. The van der Waals surface area contributed by atoms with Gasteiger partial charge in [-0.25, -0.2) is 9.97 Å². The van der Waals surface area contributed by atoms with Crippen molar-refractivity contribution in [3.05, 3.63) is 23.0 Å². The molecule has 0 spiro atoms. The summed E-state index contributed by atoms with van der Waals surface area (Å²) in [6, 6.07) is 0.0820. The second-order valence-corrected chi connectivity index (χ2v) is 5.69. The minimum absolute atomic E-state index is 0.0820. The van der Waals surface area contributed by atoms with Gasteiger partial charge in [-0.2, -0.15) is 0 Å². The van der Waals surface area contributed by atoms with Gasteiger partial charge in [0.2, 0.25) is 6.41 Å². The molecule has 3 heterocycles. The van der Waals surface area contributed by atoms with Crippen molar-refractivity contribution in [2.45, 2.75) is 26.4 Å². The monoisotopic (exact) mass is 262 g/mol. The summed E-state index contributed by atoms with van der Waals surface area (Å²) in [5.74, 6) is 0.917. The number of carbonyl (C=O) groups is 1. The molecule has 0 N–H and O–H groups in total. The predicted molar refractivity (Wildman–Crippen MR) is 69.3 cm³/mol. The molecule has 0 bridgehead atoms. The zero-order valence-electron chi connectivity index (χ0n) is 10.3. The molecular weight excluding hydrogens is 248 g/mol. The fourth-order valence-electron chi connectivity index (χ4n) is 2.31. The highest BCUT2D eigenvalue weighted by Gasteiger charge is 2.26. The normalized spacial score (nSPS) is 18.8. The molecular formula is C12H14N4OS. The molecule has 0 saturated carbocycles. The smallest absolute Gasteiger partial charge is 0.210 e. The number of fused-ring (bicyclic) bond motifs is 1. The van der Waals surface area contributed by atoms with Crippen LogP contribution in [0.4, 0.5) is 0 Å². The second-order valence-electron chi connectivity index (χ2n) is 4.45. The first-order valence-corrected chi connectivity index (χ1v) is 6.71. The van der Waals surface area contributed by atoms with Gasteiger partial charge in [-0.05, 0) is 13.8 Å². The van der Waals surface area contributed by atoms with E-state index in [2.05, 4.69) is 14.5 Å². The van der Waals surface area contributed by atoms with Crippen molar-refractivity contribution in [3.63, 3.8) is 0 Å².